The molecule has 2 aromatic heterocycles. The van der Waals surface area contributed by atoms with Crippen molar-refractivity contribution in [2.24, 2.45) is 0 Å². The lowest BCUT2D eigenvalue weighted by atomic mass is 10.1. The van der Waals surface area contributed by atoms with Gasteiger partial charge in [0.2, 0.25) is 11.8 Å². The fourth-order valence-corrected chi connectivity index (χ4v) is 3.92. The predicted molar refractivity (Wildman–Crippen MR) is 118 cm³/mol. The molecule has 164 valence electrons. The second-order valence-corrected chi connectivity index (χ2v) is 7.83. The first kappa shape index (κ1) is 19.7. The Morgan fingerprint density at radius 1 is 1.06 bits per heavy atom. The van der Waals surface area contributed by atoms with E-state index in [0.29, 0.717) is 23.7 Å². The van der Waals surface area contributed by atoms with Crippen molar-refractivity contribution in [3.63, 3.8) is 0 Å². The Hall–Kier alpha value is -3.24. The van der Waals surface area contributed by atoms with Crippen molar-refractivity contribution in [2.45, 2.75) is 13.0 Å². The molecule has 3 aromatic rings. The minimum absolute atomic E-state index is 0. The van der Waals surface area contributed by atoms with Crippen LogP contribution in [0.15, 0.2) is 36.9 Å². The molecule has 0 spiro atoms. The van der Waals surface area contributed by atoms with E-state index in [1.165, 1.54) is 17.6 Å². The van der Waals surface area contributed by atoms with E-state index in [2.05, 4.69) is 60.3 Å². The fourth-order valence-electron chi connectivity index (χ4n) is 3.92. The molecular formula is C21H28N8O2. The van der Waals surface area contributed by atoms with E-state index in [-0.39, 0.29) is 1.43 Å². The number of ether oxygens (including phenoxy) is 2. The van der Waals surface area contributed by atoms with Gasteiger partial charge in [0.1, 0.15) is 12.7 Å². The van der Waals surface area contributed by atoms with Gasteiger partial charge in [0.15, 0.2) is 5.82 Å². The molecule has 2 aliphatic rings. The number of methoxy groups -OCH3 is 1. The van der Waals surface area contributed by atoms with E-state index in [1.54, 1.807) is 24.2 Å². The number of nitrogens with one attached hydrogen (secondary N) is 1. The second kappa shape index (κ2) is 8.48. The Morgan fingerprint density at radius 2 is 1.90 bits per heavy atom. The van der Waals surface area contributed by atoms with Crippen molar-refractivity contribution in [1.29, 1.82) is 0 Å². The maximum atomic E-state index is 5.34. The molecule has 0 saturated carbocycles. The van der Waals surface area contributed by atoms with Crippen LogP contribution in [-0.4, -0.2) is 82.2 Å². The maximum Gasteiger partial charge on any atom is 0.247 e. The average molecular weight is 425 g/mol. The minimum Gasteiger partial charge on any atom is -0.481 e. The zero-order valence-corrected chi connectivity index (χ0v) is 17.7. The Balaban J connectivity index is 0.00000245. The number of rotatable bonds is 6. The van der Waals surface area contributed by atoms with Gasteiger partial charge in [-0.05, 0) is 30.7 Å². The predicted octanol–water partition coefficient (Wildman–Crippen LogP) is 1.88. The molecule has 5 rings (SSSR count). The van der Waals surface area contributed by atoms with Crippen LogP contribution >= 0.6 is 0 Å². The number of benzene rings is 1. The zero-order chi connectivity index (χ0) is 21.2. The van der Waals surface area contributed by atoms with Crippen molar-refractivity contribution in [1.82, 2.24) is 29.6 Å². The van der Waals surface area contributed by atoms with Crippen LogP contribution in [0.1, 0.15) is 6.99 Å². The van der Waals surface area contributed by atoms with Gasteiger partial charge < -0.3 is 19.7 Å². The number of hydrogen-bond donors (Lipinski definition) is 1. The van der Waals surface area contributed by atoms with E-state index in [9.17, 15) is 0 Å². The van der Waals surface area contributed by atoms with Gasteiger partial charge in [0, 0.05) is 45.0 Å². The molecule has 0 bridgehead atoms. The summed E-state index contributed by atoms with van der Waals surface area (Å²) in [6.45, 7) is 8.03. The highest BCUT2D eigenvalue weighted by Gasteiger charge is 2.29. The molecule has 0 amide bonds. The summed E-state index contributed by atoms with van der Waals surface area (Å²) in [5.74, 6) is 1.57. The van der Waals surface area contributed by atoms with E-state index in [1.807, 2.05) is 0 Å². The van der Waals surface area contributed by atoms with Crippen LogP contribution in [-0.2, 0) is 4.74 Å². The monoisotopic (exact) mass is 424 g/mol. The molecule has 10 heteroatoms. The topological polar surface area (TPSA) is 93.5 Å². The van der Waals surface area contributed by atoms with Crippen molar-refractivity contribution in [3.05, 3.63) is 42.5 Å². The summed E-state index contributed by atoms with van der Waals surface area (Å²) in [6.07, 6.45) is 3.05. The molecule has 1 aromatic carbocycles. The Bertz CT molecular complexity index is 1050. The number of hydrogen-bond acceptors (Lipinski definition) is 9. The minimum atomic E-state index is 0. The summed E-state index contributed by atoms with van der Waals surface area (Å²) in [7, 11) is 1.57. The van der Waals surface area contributed by atoms with Gasteiger partial charge in [0.25, 0.3) is 0 Å². The lowest BCUT2D eigenvalue weighted by Crippen LogP contribution is -2.56. The maximum absolute atomic E-state index is 5.34. The highest BCUT2D eigenvalue weighted by molar-refractivity contribution is 5.64. The van der Waals surface area contributed by atoms with Crippen LogP contribution in [0.2, 0.25) is 0 Å². The molecule has 0 radical (unpaired) electrons. The SMILES string of the molecule is COc1cc(-n2cnc(Nc3cc(C)cc(N4CCN(C5COC5)CC4)c3)n2)ncn1.[HH]. The van der Waals surface area contributed by atoms with Crippen molar-refractivity contribution < 1.29 is 10.9 Å². The van der Waals surface area contributed by atoms with Crippen molar-refractivity contribution in [2.75, 3.05) is 56.7 Å². The number of aromatic nitrogens is 5. The molecule has 0 aliphatic carbocycles. The summed E-state index contributed by atoms with van der Waals surface area (Å²) in [5, 5.41) is 7.80. The molecule has 4 heterocycles. The second-order valence-electron chi connectivity index (χ2n) is 7.83. The molecule has 2 aliphatic heterocycles. The van der Waals surface area contributed by atoms with Crippen molar-refractivity contribution >= 4 is 17.3 Å². The van der Waals surface area contributed by atoms with Crippen LogP contribution in [0.3, 0.4) is 0 Å². The third kappa shape index (κ3) is 4.30. The van der Waals surface area contributed by atoms with Gasteiger partial charge in [0.05, 0.1) is 26.4 Å². The van der Waals surface area contributed by atoms with E-state index >= 15 is 0 Å². The first-order chi connectivity index (χ1) is 15.2. The Morgan fingerprint density at radius 3 is 2.65 bits per heavy atom. The summed E-state index contributed by atoms with van der Waals surface area (Å²) < 4.78 is 12.1. The number of piperazine rings is 1. The van der Waals surface area contributed by atoms with Gasteiger partial charge in [-0.1, -0.05) is 0 Å². The molecule has 0 atom stereocenters. The van der Waals surface area contributed by atoms with Gasteiger partial charge in [-0.2, -0.15) is 4.98 Å². The third-order valence-electron chi connectivity index (χ3n) is 5.70. The molecule has 2 fully saturated rings. The summed E-state index contributed by atoms with van der Waals surface area (Å²) in [5.41, 5.74) is 3.37. The van der Waals surface area contributed by atoms with Crippen LogP contribution in [0.5, 0.6) is 5.88 Å². The van der Waals surface area contributed by atoms with Crippen LogP contribution in [0, 0.1) is 6.92 Å². The highest BCUT2D eigenvalue weighted by atomic mass is 16.5. The molecule has 31 heavy (non-hydrogen) atoms. The third-order valence-corrected chi connectivity index (χ3v) is 5.70. The molecule has 10 nitrogen and oxygen atoms in total. The highest BCUT2D eigenvalue weighted by Crippen LogP contribution is 2.26. The smallest absolute Gasteiger partial charge is 0.247 e. The molecule has 0 unspecified atom stereocenters. The summed E-state index contributed by atoms with van der Waals surface area (Å²) in [4.78, 5) is 17.6. The normalized spacial score (nSPS) is 17.4. The number of aryl methyl sites for hydroxylation is 1. The lowest BCUT2D eigenvalue weighted by Gasteiger charge is -2.43. The summed E-state index contributed by atoms with van der Waals surface area (Å²) in [6, 6.07) is 8.79. The first-order valence-electron chi connectivity index (χ1n) is 10.4. The van der Waals surface area contributed by atoms with Crippen molar-refractivity contribution in [3.8, 4) is 11.7 Å². The van der Waals surface area contributed by atoms with Crippen LogP contribution in [0.25, 0.3) is 5.82 Å². The van der Waals surface area contributed by atoms with Gasteiger partial charge in [-0.3, -0.25) is 4.90 Å². The Labute approximate surface area is 182 Å². The van der Waals surface area contributed by atoms with Gasteiger partial charge >= 0.3 is 0 Å². The molecule has 1 N–H and O–H groups in total. The quantitative estimate of drug-likeness (QED) is 0.636. The first-order valence-corrected chi connectivity index (χ1v) is 10.4. The standard InChI is InChI=1S/C21H26N8O2.H2/c1-15-7-16(9-17(8-15)27-3-5-28(6-4-27)18-11-31-12-18)25-21-24-14-29(26-21)19-10-20(30-2)23-13-22-19;/h7-10,13-14,18H,3-6,11-12H2,1-2H3,(H,25,26);1H. The Kier molecular flexibility index (Phi) is 5.39. The average Bonchev–Trinajstić information content (AvgIpc) is 3.21. The lowest BCUT2D eigenvalue weighted by molar-refractivity contribution is -0.0660. The van der Waals surface area contributed by atoms with Gasteiger partial charge in [-0.25, -0.2) is 14.6 Å². The van der Waals surface area contributed by atoms with Gasteiger partial charge in [-0.15, -0.1) is 5.10 Å². The number of anilines is 3. The van der Waals surface area contributed by atoms with E-state index < -0.39 is 0 Å². The van der Waals surface area contributed by atoms with Crippen LogP contribution in [0.4, 0.5) is 17.3 Å². The largest absolute Gasteiger partial charge is 0.481 e. The zero-order valence-electron chi connectivity index (χ0n) is 17.7. The molecular weight excluding hydrogens is 396 g/mol. The fraction of sp³-hybridized carbons (Fsp3) is 0.429. The summed E-state index contributed by atoms with van der Waals surface area (Å²) >= 11 is 0. The van der Waals surface area contributed by atoms with E-state index in [0.717, 1.165) is 45.1 Å². The molecule has 2 saturated heterocycles. The van der Waals surface area contributed by atoms with Crippen LogP contribution < -0.4 is 15.0 Å². The number of nitrogens with zero attached hydrogens (tertiary/aromatic N) is 7. The van der Waals surface area contributed by atoms with E-state index in [4.69, 9.17) is 9.47 Å².